The number of hydrogen-bond acceptors (Lipinski definition) is 11. The van der Waals surface area contributed by atoms with Gasteiger partial charge in [0.2, 0.25) is 0 Å². The van der Waals surface area contributed by atoms with E-state index < -0.39 is 67.5 Å². The molecule has 0 spiro atoms. The Balaban J connectivity index is 1.13. The van der Waals surface area contributed by atoms with Crippen LogP contribution in [-0.4, -0.2) is 86.0 Å². The first-order chi connectivity index (χ1) is 30.0. The number of fused-ring (bicyclic) bond motifs is 1. The SMILES string of the molecule is COC(=O)CCCCCCCC[C@H]1O[C@@H]2COC(c3ccccc3)O[C@@H]2[C@H](O)[C@H]1O[C@@H]1O[C@@H](C)[C@@H](OCc2ccccc2)[C@@H](OCc2ccccc2)[C@@H]1OCc1ccccc1. The Labute approximate surface area is 360 Å². The van der Waals surface area contributed by atoms with Crippen LogP contribution in [0.2, 0.25) is 0 Å². The molecule has 3 aliphatic heterocycles. The maximum absolute atomic E-state index is 12.4. The predicted molar refractivity (Wildman–Crippen MR) is 228 cm³/mol. The molecule has 0 amide bonds. The lowest BCUT2D eigenvalue weighted by Gasteiger charge is -2.51. The van der Waals surface area contributed by atoms with Gasteiger partial charge < -0.3 is 47.7 Å². The van der Waals surface area contributed by atoms with Crippen molar-refractivity contribution in [2.45, 2.75) is 146 Å². The average Bonchev–Trinajstić information content (AvgIpc) is 3.30. The van der Waals surface area contributed by atoms with Gasteiger partial charge in [0, 0.05) is 12.0 Å². The Morgan fingerprint density at radius 1 is 0.623 bits per heavy atom. The zero-order chi connectivity index (χ0) is 42.2. The van der Waals surface area contributed by atoms with Crippen molar-refractivity contribution in [1.29, 1.82) is 0 Å². The van der Waals surface area contributed by atoms with Crippen molar-refractivity contribution in [1.82, 2.24) is 0 Å². The van der Waals surface area contributed by atoms with Crippen LogP contribution >= 0.6 is 0 Å². The number of aliphatic hydroxyl groups excluding tert-OH is 1. The van der Waals surface area contributed by atoms with Gasteiger partial charge in [0.25, 0.3) is 0 Å². The molecule has 0 radical (unpaired) electrons. The van der Waals surface area contributed by atoms with E-state index >= 15 is 0 Å². The summed E-state index contributed by atoms with van der Waals surface area (Å²) in [4.78, 5) is 11.5. The molecule has 3 saturated heterocycles. The molecule has 4 aromatic carbocycles. The fourth-order valence-corrected chi connectivity index (χ4v) is 8.42. The summed E-state index contributed by atoms with van der Waals surface area (Å²) in [6.07, 6.45) is -0.861. The molecule has 61 heavy (non-hydrogen) atoms. The third-order valence-electron chi connectivity index (χ3n) is 11.7. The molecule has 11 heteroatoms. The number of rotatable bonds is 21. The van der Waals surface area contributed by atoms with E-state index in [9.17, 15) is 9.90 Å². The topological polar surface area (TPSA) is 120 Å². The highest BCUT2D eigenvalue weighted by molar-refractivity contribution is 5.68. The molecule has 0 aromatic heterocycles. The lowest BCUT2D eigenvalue weighted by Crippen LogP contribution is -2.65. The Kier molecular flexibility index (Phi) is 17.3. The van der Waals surface area contributed by atoms with Crippen LogP contribution in [-0.2, 0) is 67.2 Å². The van der Waals surface area contributed by atoms with Gasteiger partial charge in [0.1, 0.15) is 42.7 Å². The van der Waals surface area contributed by atoms with Crippen molar-refractivity contribution >= 4 is 5.97 Å². The standard InChI is InChI=1S/C50H62O11/c1-35-44(54-31-36-21-11-7-12-22-36)47(55-32-37-23-13-8-14-24-37)48(56-33-38-25-15-9-16-26-38)50(58-35)61-45-40(29-19-5-3-4-6-20-30-42(51)53-2)59-41-34-57-49(60-46(41)43(45)52)39-27-17-10-18-28-39/h7-18,21-28,35,40-41,43-50,52H,3-6,19-20,29-34H2,1-2H3/t35-,40+,41+,43+,44+,45-,46-,47+,48-,49?,50-/m0/s1. The molecule has 3 fully saturated rings. The van der Waals surface area contributed by atoms with Crippen LogP contribution in [0.15, 0.2) is 121 Å². The molecule has 0 saturated carbocycles. The second kappa shape index (κ2) is 23.4. The summed E-state index contributed by atoms with van der Waals surface area (Å²) < 4.78 is 58.3. The number of carbonyl (C=O) groups excluding carboxylic acids is 1. The molecule has 0 aliphatic carbocycles. The van der Waals surface area contributed by atoms with Crippen molar-refractivity contribution in [3.05, 3.63) is 144 Å². The molecule has 11 nitrogen and oxygen atoms in total. The molecule has 1 unspecified atom stereocenters. The van der Waals surface area contributed by atoms with E-state index in [4.69, 9.17) is 42.6 Å². The summed E-state index contributed by atoms with van der Waals surface area (Å²) in [6, 6.07) is 39.8. The normalized spacial score (nSPS) is 28.8. The maximum Gasteiger partial charge on any atom is 0.305 e. The van der Waals surface area contributed by atoms with Gasteiger partial charge in [-0.15, -0.1) is 0 Å². The highest BCUT2D eigenvalue weighted by Crippen LogP contribution is 2.39. The van der Waals surface area contributed by atoms with Gasteiger partial charge in [-0.1, -0.05) is 153 Å². The summed E-state index contributed by atoms with van der Waals surface area (Å²) in [6.45, 7) is 3.18. The van der Waals surface area contributed by atoms with E-state index in [1.807, 2.05) is 128 Å². The smallest absolute Gasteiger partial charge is 0.305 e. The largest absolute Gasteiger partial charge is 0.469 e. The molecule has 3 aliphatic rings. The van der Waals surface area contributed by atoms with Crippen LogP contribution in [0.4, 0.5) is 0 Å². The van der Waals surface area contributed by atoms with Crippen molar-refractivity contribution in [2.75, 3.05) is 13.7 Å². The minimum Gasteiger partial charge on any atom is -0.469 e. The second-order valence-electron chi connectivity index (χ2n) is 16.2. The second-order valence-corrected chi connectivity index (χ2v) is 16.2. The predicted octanol–water partition coefficient (Wildman–Crippen LogP) is 8.41. The first-order valence-electron chi connectivity index (χ1n) is 22.0. The summed E-state index contributed by atoms with van der Waals surface area (Å²) in [5, 5.41) is 12.4. The van der Waals surface area contributed by atoms with Gasteiger partial charge in [-0.25, -0.2) is 0 Å². The summed E-state index contributed by atoms with van der Waals surface area (Å²) in [5.41, 5.74) is 3.89. The van der Waals surface area contributed by atoms with Gasteiger partial charge in [-0.05, 0) is 36.5 Å². The third kappa shape index (κ3) is 12.8. The first kappa shape index (κ1) is 45.0. The molecule has 4 aromatic rings. The van der Waals surface area contributed by atoms with Crippen molar-refractivity contribution in [3.63, 3.8) is 0 Å². The van der Waals surface area contributed by atoms with Gasteiger partial charge in [-0.3, -0.25) is 4.79 Å². The Morgan fingerprint density at radius 2 is 1.15 bits per heavy atom. The van der Waals surface area contributed by atoms with E-state index in [0.29, 0.717) is 26.1 Å². The van der Waals surface area contributed by atoms with Gasteiger partial charge >= 0.3 is 5.97 Å². The van der Waals surface area contributed by atoms with Crippen molar-refractivity contribution in [3.8, 4) is 0 Å². The van der Waals surface area contributed by atoms with E-state index in [1.165, 1.54) is 7.11 Å². The monoisotopic (exact) mass is 838 g/mol. The zero-order valence-corrected chi connectivity index (χ0v) is 35.4. The Bertz CT molecular complexity index is 1830. The fourth-order valence-electron chi connectivity index (χ4n) is 8.42. The number of aliphatic hydroxyl groups is 1. The van der Waals surface area contributed by atoms with Gasteiger partial charge in [0.15, 0.2) is 12.6 Å². The fraction of sp³-hybridized carbons (Fsp3) is 0.500. The number of benzene rings is 4. The third-order valence-corrected chi connectivity index (χ3v) is 11.7. The quantitative estimate of drug-likeness (QED) is 0.0644. The molecular formula is C50H62O11. The van der Waals surface area contributed by atoms with Crippen molar-refractivity contribution < 1.29 is 52.5 Å². The molecule has 11 atom stereocenters. The number of hydrogen-bond donors (Lipinski definition) is 1. The molecule has 3 heterocycles. The number of esters is 1. The van der Waals surface area contributed by atoms with Gasteiger partial charge in [-0.2, -0.15) is 0 Å². The van der Waals surface area contributed by atoms with Crippen LogP contribution in [0.3, 0.4) is 0 Å². The van der Waals surface area contributed by atoms with E-state index in [2.05, 4.69) is 0 Å². The molecule has 328 valence electrons. The van der Waals surface area contributed by atoms with Crippen LogP contribution in [0.5, 0.6) is 0 Å². The summed E-state index contributed by atoms with van der Waals surface area (Å²) >= 11 is 0. The van der Waals surface area contributed by atoms with Crippen LogP contribution in [0, 0.1) is 0 Å². The molecule has 0 bridgehead atoms. The van der Waals surface area contributed by atoms with Crippen LogP contribution in [0.1, 0.15) is 86.8 Å². The number of ether oxygens (including phenoxy) is 9. The zero-order valence-electron chi connectivity index (χ0n) is 35.4. The highest BCUT2D eigenvalue weighted by Gasteiger charge is 2.54. The van der Waals surface area contributed by atoms with E-state index in [0.717, 1.165) is 60.8 Å². The summed E-state index contributed by atoms with van der Waals surface area (Å²) in [5.74, 6) is -0.170. The van der Waals surface area contributed by atoms with E-state index in [1.54, 1.807) is 0 Å². The first-order valence-corrected chi connectivity index (χ1v) is 22.0. The maximum atomic E-state index is 12.4. The number of unbranched alkanes of at least 4 members (excludes halogenated alkanes) is 5. The molecular weight excluding hydrogens is 777 g/mol. The van der Waals surface area contributed by atoms with Crippen molar-refractivity contribution in [2.24, 2.45) is 0 Å². The van der Waals surface area contributed by atoms with Crippen LogP contribution < -0.4 is 0 Å². The summed E-state index contributed by atoms with van der Waals surface area (Å²) in [7, 11) is 1.42. The van der Waals surface area contributed by atoms with E-state index in [-0.39, 0.29) is 19.2 Å². The minimum atomic E-state index is -1.07. The van der Waals surface area contributed by atoms with Gasteiger partial charge in [0.05, 0.1) is 45.7 Å². The average molecular weight is 839 g/mol. The highest BCUT2D eigenvalue weighted by atomic mass is 16.7. The number of methoxy groups -OCH3 is 1. The number of carbonyl (C=O) groups is 1. The lowest BCUT2D eigenvalue weighted by atomic mass is 9.90. The minimum absolute atomic E-state index is 0.170. The molecule has 1 N–H and O–H groups in total. The molecule has 7 rings (SSSR count). The Morgan fingerprint density at radius 3 is 1.74 bits per heavy atom. The Hall–Kier alpha value is -4.01. The van der Waals surface area contributed by atoms with Crippen LogP contribution in [0.25, 0.3) is 0 Å². The lowest BCUT2D eigenvalue weighted by molar-refractivity contribution is -0.372.